The summed E-state index contributed by atoms with van der Waals surface area (Å²) in [7, 11) is 4.07. The van der Waals surface area contributed by atoms with Crippen LogP contribution in [0.1, 0.15) is 59.1 Å². The normalized spacial score (nSPS) is 11.2. The Morgan fingerprint density at radius 2 is 0.818 bits per heavy atom. The molecular formula is C38H46O2S4. The highest BCUT2D eigenvalue weighted by Crippen LogP contribution is 2.26. The lowest BCUT2D eigenvalue weighted by Crippen LogP contribution is -1.94. The lowest BCUT2D eigenvalue weighted by molar-refractivity contribution is 0.468. The lowest BCUT2D eigenvalue weighted by atomic mass is 10.00. The highest BCUT2D eigenvalue weighted by Gasteiger charge is 2.06. The fourth-order valence-electron chi connectivity index (χ4n) is 5.02. The van der Waals surface area contributed by atoms with E-state index in [4.69, 9.17) is 0 Å². The molecule has 0 saturated heterocycles. The number of rotatable bonds is 21. The van der Waals surface area contributed by atoms with Crippen molar-refractivity contribution in [3.63, 3.8) is 0 Å². The topological polar surface area (TPSA) is 40.5 Å². The zero-order chi connectivity index (χ0) is 30.7. The van der Waals surface area contributed by atoms with Crippen LogP contribution in [0.2, 0.25) is 0 Å². The van der Waals surface area contributed by atoms with Crippen LogP contribution in [0.5, 0.6) is 11.5 Å². The molecule has 44 heavy (non-hydrogen) atoms. The average molecular weight is 663 g/mol. The van der Waals surface area contributed by atoms with Crippen LogP contribution in [-0.2, 0) is 25.7 Å². The minimum atomic E-state index is 0.400. The predicted octanol–water partition coefficient (Wildman–Crippen LogP) is 10.5. The van der Waals surface area contributed by atoms with Gasteiger partial charge in [-0.05, 0) is 107 Å². The van der Waals surface area contributed by atoms with Crippen molar-refractivity contribution in [3.05, 3.63) is 130 Å². The van der Waals surface area contributed by atoms with E-state index in [-0.39, 0.29) is 0 Å². The zero-order valence-corrected chi connectivity index (χ0v) is 28.9. The van der Waals surface area contributed by atoms with Crippen molar-refractivity contribution in [1.82, 2.24) is 0 Å². The van der Waals surface area contributed by atoms with Gasteiger partial charge in [0.2, 0.25) is 0 Å². The summed E-state index contributed by atoms with van der Waals surface area (Å²) >= 11 is 4.15. The van der Waals surface area contributed by atoms with E-state index in [9.17, 15) is 10.2 Å². The summed E-state index contributed by atoms with van der Waals surface area (Å²) in [6.45, 7) is 0. The molecule has 0 atom stereocenters. The van der Waals surface area contributed by atoms with E-state index in [1.165, 1.54) is 82.5 Å². The van der Waals surface area contributed by atoms with Gasteiger partial charge < -0.3 is 10.2 Å². The van der Waals surface area contributed by atoms with E-state index in [0.717, 1.165) is 36.8 Å². The molecule has 2 N–H and O–H groups in total. The second kappa shape index (κ2) is 20.8. The molecule has 0 aliphatic carbocycles. The second-order valence-corrected chi connectivity index (χ2v) is 16.2. The van der Waals surface area contributed by atoms with Gasteiger partial charge in [-0.25, -0.2) is 0 Å². The number of aryl methyl sites for hydroxylation is 2. The molecular weight excluding hydrogens is 617 g/mol. The van der Waals surface area contributed by atoms with E-state index in [1.54, 1.807) is 0 Å². The fraction of sp³-hybridized carbons (Fsp3) is 0.368. The Morgan fingerprint density at radius 1 is 0.409 bits per heavy atom. The van der Waals surface area contributed by atoms with Crippen molar-refractivity contribution in [2.24, 2.45) is 0 Å². The van der Waals surface area contributed by atoms with Gasteiger partial charge in [0.1, 0.15) is 11.5 Å². The Bertz CT molecular complexity index is 1240. The largest absolute Gasteiger partial charge is 0.508 e. The summed E-state index contributed by atoms with van der Waals surface area (Å²) in [5.41, 5.74) is 7.16. The first-order valence-electron chi connectivity index (χ1n) is 15.8. The SMILES string of the molecule is Oc1ccc(CCCSCCCSSCCCSCCCc2ccc(O)c(Cc3ccccc3)c2)cc1Cc1ccccc1. The third-order valence-corrected chi connectivity index (χ3v) is 12.3. The van der Waals surface area contributed by atoms with Gasteiger partial charge in [-0.15, -0.1) is 0 Å². The highest BCUT2D eigenvalue weighted by atomic mass is 33.1. The first kappa shape index (κ1) is 34.7. The van der Waals surface area contributed by atoms with E-state index in [0.29, 0.717) is 11.5 Å². The van der Waals surface area contributed by atoms with E-state index < -0.39 is 0 Å². The zero-order valence-electron chi connectivity index (χ0n) is 25.7. The quantitative estimate of drug-likeness (QED) is 0.0684. The van der Waals surface area contributed by atoms with Crippen molar-refractivity contribution in [1.29, 1.82) is 0 Å². The highest BCUT2D eigenvalue weighted by molar-refractivity contribution is 8.76. The summed E-state index contributed by atoms with van der Waals surface area (Å²) in [5.74, 6) is 8.17. The Hall–Kier alpha value is -2.12. The van der Waals surface area contributed by atoms with Crippen LogP contribution in [0.3, 0.4) is 0 Å². The molecule has 0 aliphatic rings. The maximum atomic E-state index is 10.3. The fourth-order valence-corrected chi connectivity index (χ4v) is 9.36. The molecule has 4 aromatic rings. The van der Waals surface area contributed by atoms with Crippen molar-refractivity contribution < 1.29 is 10.2 Å². The van der Waals surface area contributed by atoms with Crippen LogP contribution in [0, 0.1) is 0 Å². The Morgan fingerprint density at radius 3 is 1.25 bits per heavy atom. The molecule has 0 radical (unpaired) electrons. The molecule has 0 amide bonds. The predicted molar refractivity (Wildman–Crippen MR) is 200 cm³/mol. The van der Waals surface area contributed by atoms with E-state index in [1.807, 2.05) is 45.9 Å². The van der Waals surface area contributed by atoms with Gasteiger partial charge >= 0.3 is 0 Å². The minimum absolute atomic E-state index is 0.400. The number of phenols is 2. The Balaban J connectivity index is 0.943. The smallest absolute Gasteiger partial charge is 0.119 e. The van der Waals surface area contributed by atoms with Gasteiger partial charge in [-0.3, -0.25) is 0 Å². The summed E-state index contributed by atoms with van der Waals surface area (Å²) in [5, 5.41) is 20.5. The van der Waals surface area contributed by atoms with E-state index in [2.05, 4.69) is 96.3 Å². The molecule has 2 nitrogen and oxygen atoms in total. The first-order chi connectivity index (χ1) is 21.7. The molecule has 0 heterocycles. The minimum Gasteiger partial charge on any atom is -0.508 e. The average Bonchev–Trinajstić information content (AvgIpc) is 3.04. The van der Waals surface area contributed by atoms with Gasteiger partial charge in [0.05, 0.1) is 0 Å². The maximum absolute atomic E-state index is 10.3. The van der Waals surface area contributed by atoms with Crippen LogP contribution < -0.4 is 0 Å². The number of hydrogen-bond acceptors (Lipinski definition) is 6. The maximum Gasteiger partial charge on any atom is 0.119 e. The second-order valence-electron chi connectivity index (χ2n) is 11.0. The summed E-state index contributed by atoms with van der Waals surface area (Å²) in [6, 6.07) is 32.9. The number of aromatic hydroxyl groups is 2. The Labute approximate surface area is 281 Å². The third-order valence-electron chi connectivity index (χ3n) is 7.39. The van der Waals surface area contributed by atoms with Crippen LogP contribution >= 0.6 is 45.1 Å². The van der Waals surface area contributed by atoms with Crippen molar-refractivity contribution in [3.8, 4) is 11.5 Å². The van der Waals surface area contributed by atoms with E-state index >= 15 is 0 Å². The Kier molecular flexibility index (Phi) is 16.4. The number of hydrogen-bond donors (Lipinski definition) is 2. The van der Waals surface area contributed by atoms with Gasteiger partial charge in [0.25, 0.3) is 0 Å². The van der Waals surface area contributed by atoms with Crippen LogP contribution in [0.15, 0.2) is 97.1 Å². The summed E-state index contributed by atoms with van der Waals surface area (Å²) < 4.78 is 0. The van der Waals surface area contributed by atoms with Crippen molar-refractivity contribution in [2.45, 2.75) is 51.4 Å². The molecule has 0 aromatic heterocycles. The van der Waals surface area contributed by atoms with Crippen LogP contribution in [0.25, 0.3) is 0 Å². The summed E-state index contributed by atoms with van der Waals surface area (Å²) in [4.78, 5) is 0. The van der Waals surface area contributed by atoms with Crippen LogP contribution in [-0.4, -0.2) is 44.7 Å². The molecule has 4 aromatic carbocycles. The molecule has 0 unspecified atom stereocenters. The molecule has 0 fully saturated rings. The number of thioether (sulfide) groups is 2. The van der Waals surface area contributed by atoms with Gasteiger partial charge in [-0.2, -0.15) is 23.5 Å². The third kappa shape index (κ3) is 13.5. The number of benzene rings is 4. The molecule has 234 valence electrons. The van der Waals surface area contributed by atoms with Gasteiger partial charge in [0.15, 0.2) is 0 Å². The summed E-state index contributed by atoms with van der Waals surface area (Å²) in [6.07, 6.45) is 8.64. The molecule has 0 aliphatic heterocycles. The molecule has 4 rings (SSSR count). The first-order valence-corrected chi connectivity index (χ1v) is 20.6. The van der Waals surface area contributed by atoms with Gasteiger partial charge in [-0.1, -0.05) is 107 Å². The molecule has 0 bridgehead atoms. The standard InChI is InChI=1S/C38H46O2S4/c39-37-19-17-33(29-35(37)27-31-11-3-1-4-12-31)15-7-21-41-23-9-25-43-44-26-10-24-42-22-8-16-34-18-20-38(40)36(30-34)28-32-13-5-2-6-14-32/h1-6,11-14,17-20,29-30,39-40H,7-10,15-16,21-28H2. The molecule has 0 saturated carbocycles. The molecule has 6 heteroatoms. The van der Waals surface area contributed by atoms with Crippen molar-refractivity contribution >= 4 is 45.1 Å². The molecule has 0 spiro atoms. The van der Waals surface area contributed by atoms with Crippen molar-refractivity contribution in [2.75, 3.05) is 34.5 Å². The van der Waals surface area contributed by atoms with Crippen LogP contribution in [0.4, 0.5) is 0 Å². The number of phenolic OH excluding ortho intramolecular Hbond substituents is 2. The monoisotopic (exact) mass is 662 g/mol. The lowest BCUT2D eigenvalue weighted by Gasteiger charge is -2.09. The van der Waals surface area contributed by atoms with Gasteiger partial charge in [0, 0.05) is 24.3 Å².